The summed E-state index contributed by atoms with van der Waals surface area (Å²) in [6, 6.07) is 8.84. The number of fused-ring (bicyclic) bond motifs is 2. The molecular formula is C22H30ClF2NO6. The van der Waals surface area contributed by atoms with Crippen LogP contribution in [0.4, 0.5) is 8.78 Å². The molecule has 0 aromatic heterocycles. The van der Waals surface area contributed by atoms with Crippen molar-refractivity contribution in [2.75, 3.05) is 13.1 Å². The zero-order valence-corrected chi connectivity index (χ0v) is 18.2. The maximum absolute atomic E-state index is 13.3. The van der Waals surface area contributed by atoms with Crippen LogP contribution >= 0.6 is 0 Å². The summed E-state index contributed by atoms with van der Waals surface area (Å²) < 4.78 is 38.2. The Morgan fingerprint density at radius 3 is 1.62 bits per heavy atom. The molecule has 0 unspecified atom stereocenters. The van der Waals surface area contributed by atoms with Crippen molar-refractivity contribution in [2.24, 2.45) is 0 Å². The first kappa shape index (κ1) is 28.0. The van der Waals surface area contributed by atoms with E-state index in [0.717, 1.165) is 11.1 Å². The maximum atomic E-state index is 13.3. The first-order valence-corrected chi connectivity index (χ1v) is 10.1. The summed E-state index contributed by atoms with van der Waals surface area (Å²) >= 11 is 0. The van der Waals surface area contributed by atoms with Gasteiger partial charge in [-0.15, -0.1) is 0 Å². The van der Waals surface area contributed by atoms with E-state index < -0.39 is 12.2 Å². The van der Waals surface area contributed by atoms with Crippen LogP contribution in [0, 0.1) is 11.6 Å². The smallest absolute Gasteiger partial charge is 0.139 e. The number of rotatable bonds is 6. The molecule has 0 amide bonds. The number of quaternary nitrogens is 1. The number of aryl methyl sites for hydroxylation is 2. The lowest BCUT2D eigenvalue weighted by Gasteiger charge is -2.30. The molecule has 2 heterocycles. The number of benzene rings is 2. The Balaban J connectivity index is 0.00000171. The molecule has 10 heteroatoms. The number of nitrogens with two attached hydrogens (primary N) is 1. The van der Waals surface area contributed by atoms with Gasteiger partial charge in [0, 0.05) is 0 Å². The molecule has 0 saturated carbocycles. The largest absolute Gasteiger partial charge is 1.00 e. The summed E-state index contributed by atoms with van der Waals surface area (Å²) in [6.45, 7) is 0.763. The molecule has 0 fully saturated rings. The van der Waals surface area contributed by atoms with E-state index in [-0.39, 0.29) is 47.2 Å². The zero-order valence-electron chi connectivity index (χ0n) is 17.4. The van der Waals surface area contributed by atoms with Crippen LogP contribution in [0.2, 0.25) is 0 Å². The molecule has 0 bridgehead atoms. The minimum atomic E-state index is -0.698. The first-order valence-electron chi connectivity index (χ1n) is 10.1. The highest BCUT2D eigenvalue weighted by atomic mass is 35.5. The van der Waals surface area contributed by atoms with Crippen molar-refractivity contribution in [1.29, 1.82) is 0 Å². The fourth-order valence-electron chi connectivity index (χ4n) is 4.04. The van der Waals surface area contributed by atoms with Crippen molar-refractivity contribution in [3.63, 3.8) is 0 Å². The highest BCUT2D eigenvalue weighted by molar-refractivity contribution is 5.36. The van der Waals surface area contributed by atoms with Crippen molar-refractivity contribution < 1.29 is 57.1 Å². The molecule has 0 radical (unpaired) electrons. The maximum Gasteiger partial charge on any atom is 0.139 e. The lowest BCUT2D eigenvalue weighted by Crippen LogP contribution is -3.00. The molecule has 2 aliphatic rings. The number of hydrogen-bond acceptors (Lipinski definition) is 4. The van der Waals surface area contributed by atoms with Crippen LogP contribution in [0.1, 0.15) is 24.0 Å². The van der Waals surface area contributed by atoms with Gasteiger partial charge in [0.05, 0.1) is 0 Å². The number of halogens is 3. The van der Waals surface area contributed by atoms with Crippen LogP contribution in [-0.4, -0.2) is 58.7 Å². The quantitative estimate of drug-likeness (QED) is 0.401. The second kappa shape index (κ2) is 12.3. The van der Waals surface area contributed by atoms with E-state index in [1.54, 1.807) is 12.1 Å². The molecular weight excluding hydrogens is 448 g/mol. The summed E-state index contributed by atoms with van der Waals surface area (Å²) in [4.78, 5) is 0. The molecule has 4 atom stereocenters. The molecule has 7 nitrogen and oxygen atoms in total. The minimum Gasteiger partial charge on any atom is -1.00 e. The van der Waals surface area contributed by atoms with Crippen LogP contribution in [0.25, 0.3) is 0 Å². The molecule has 2 aromatic carbocycles. The molecule has 0 spiro atoms. The van der Waals surface area contributed by atoms with Gasteiger partial charge in [0.15, 0.2) is 0 Å². The molecule has 32 heavy (non-hydrogen) atoms. The topological polar surface area (TPSA) is 139 Å². The fourth-order valence-corrected chi connectivity index (χ4v) is 4.04. The Hall–Kier alpha value is -2.01. The van der Waals surface area contributed by atoms with Gasteiger partial charge in [-0.3, -0.25) is 0 Å². The van der Waals surface area contributed by atoms with Gasteiger partial charge in [0.2, 0.25) is 0 Å². The number of ether oxygens (including phenoxy) is 2. The molecule has 2 aliphatic heterocycles. The van der Waals surface area contributed by atoms with Crippen LogP contribution < -0.4 is 27.2 Å². The average molecular weight is 478 g/mol. The average Bonchev–Trinajstić information content (AvgIpc) is 2.72. The molecule has 0 saturated heterocycles. The summed E-state index contributed by atoms with van der Waals surface area (Å²) in [5, 5.41) is 22.8. The van der Waals surface area contributed by atoms with E-state index in [1.165, 1.54) is 24.3 Å². The highest BCUT2D eigenvalue weighted by Crippen LogP contribution is 2.30. The standard InChI is InChI=1S/C22H25F2NO4.ClH.2H2O/c23-15-3-7-19-13(9-15)1-5-21(28-19)17(26)11-25-12-18(27)22-6-2-14-10-16(24)4-8-20(14)29-22;;;/h3-4,7-10,17-18,21-22,25-27H,1-2,5-6,11-12H2;1H;2*1H2/t17-,18-,21-,22+;;;/m0.../s1. The highest BCUT2D eigenvalue weighted by Gasteiger charge is 2.30. The van der Waals surface area contributed by atoms with Gasteiger partial charge in [-0.2, -0.15) is 0 Å². The summed E-state index contributed by atoms with van der Waals surface area (Å²) in [7, 11) is 0. The van der Waals surface area contributed by atoms with E-state index in [0.29, 0.717) is 50.3 Å². The van der Waals surface area contributed by atoms with Gasteiger partial charge in [-0.1, -0.05) is 0 Å². The van der Waals surface area contributed by atoms with Gasteiger partial charge in [-0.05, 0) is 73.2 Å². The number of aliphatic hydroxyl groups excluding tert-OH is 2. The second-order valence-electron chi connectivity index (χ2n) is 7.79. The zero-order chi connectivity index (χ0) is 20.4. The second-order valence-corrected chi connectivity index (χ2v) is 7.79. The predicted octanol–water partition coefficient (Wildman–Crippen LogP) is -3.31. The Labute approximate surface area is 191 Å². The van der Waals surface area contributed by atoms with E-state index in [2.05, 4.69) is 0 Å². The van der Waals surface area contributed by atoms with Gasteiger partial charge < -0.3 is 48.4 Å². The van der Waals surface area contributed by atoms with Crippen molar-refractivity contribution >= 4 is 0 Å². The predicted molar refractivity (Wildman–Crippen MR) is 109 cm³/mol. The fraction of sp³-hybridized carbons (Fsp3) is 0.455. The Kier molecular flexibility index (Phi) is 10.8. The van der Waals surface area contributed by atoms with E-state index >= 15 is 0 Å². The van der Waals surface area contributed by atoms with Crippen molar-refractivity contribution in [3.8, 4) is 11.5 Å². The molecule has 180 valence electrons. The van der Waals surface area contributed by atoms with Crippen LogP contribution in [-0.2, 0) is 12.8 Å². The molecule has 4 rings (SSSR count). The van der Waals surface area contributed by atoms with Crippen LogP contribution in [0.5, 0.6) is 11.5 Å². The summed E-state index contributed by atoms with van der Waals surface area (Å²) in [5.41, 5.74) is 1.64. The van der Waals surface area contributed by atoms with Gasteiger partial charge in [0.1, 0.15) is 60.6 Å². The van der Waals surface area contributed by atoms with E-state index in [9.17, 15) is 19.0 Å². The Bertz CT molecular complexity index is 805. The van der Waals surface area contributed by atoms with Crippen molar-refractivity contribution in [3.05, 3.63) is 59.2 Å². The SMILES string of the molecule is O.O.O[C@@H](C[NH2+]C[C@H](O)[C@H]1CCc2cc(F)ccc2O1)[C@@H]1CCc2cc(F)ccc2O1.[Cl-]. The van der Waals surface area contributed by atoms with Crippen molar-refractivity contribution in [2.45, 2.75) is 50.1 Å². The third-order valence-corrected chi connectivity index (χ3v) is 5.67. The third kappa shape index (κ3) is 6.50. The molecule has 8 N–H and O–H groups in total. The van der Waals surface area contributed by atoms with Gasteiger partial charge in [0.25, 0.3) is 0 Å². The molecule has 2 aromatic rings. The summed E-state index contributed by atoms with van der Waals surface area (Å²) in [6.07, 6.45) is 0.455. The van der Waals surface area contributed by atoms with E-state index in [1.807, 2.05) is 5.32 Å². The lowest BCUT2D eigenvalue weighted by molar-refractivity contribution is -0.668. The third-order valence-electron chi connectivity index (χ3n) is 5.67. The minimum absolute atomic E-state index is 0. The first-order chi connectivity index (χ1) is 14.0. The lowest BCUT2D eigenvalue weighted by atomic mass is 9.98. The molecule has 0 aliphatic carbocycles. The monoisotopic (exact) mass is 477 g/mol. The Morgan fingerprint density at radius 1 is 0.812 bits per heavy atom. The van der Waals surface area contributed by atoms with E-state index in [4.69, 9.17) is 9.47 Å². The van der Waals surface area contributed by atoms with Gasteiger partial charge >= 0.3 is 0 Å². The van der Waals surface area contributed by atoms with Crippen LogP contribution in [0.15, 0.2) is 36.4 Å². The van der Waals surface area contributed by atoms with Gasteiger partial charge in [-0.25, -0.2) is 8.78 Å². The number of hydrogen-bond donors (Lipinski definition) is 3. The normalized spacial score (nSPS) is 20.5. The summed E-state index contributed by atoms with van der Waals surface area (Å²) in [5.74, 6) is 0.664. The van der Waals surface area contributed by atoms with Crippen LogP contribution in [0.3, 0.4) is 0 Å². The Morgan fingerprint density at radius 2 is 1.22 bits per heavy atom. The van der Waals surface area contributed by atoms with Crippen molar-refractivity contribution in [1.82, 2.24) is 0 Å². The number of aliphatic hydroxyl groups is 2.